The summed E-state index contributed by atoms with van der Waals surface area (Å²) in [5, 5.41) is 3.42. The molecule has 0 aliphatic heterocycles. The molecule has 2 heterocycles. The highest BCUT2D eigenvalue weighted by molar-refractivity contribution is 5.74. The van der Waals surface area contributed by atoms with E-state index in [1.807, 2.05) is 18.5 Å². The van der Waals surface area contributed by atoms with E-state index in [0.29, 0.717) is 6.04 Å². The molecule has 0 saturated heterocycles. The third-order valence-corrected chi connectivity index (χ3v) is 2.91. The lowest BCUT2D eigenvalue weighted by molar-refractivity contribution is 0.563. The molecule has 1 N–H and O–H groups in total. The van der Waals surface area contributed by atoms with Crippen molar-refractivity contribution in [2.45, 2.75) is 32.7 Å². The highest BCUT2D eigenvalue weighted by atomic mass is 15.1. The second kappa shape index (κ2) is 5.27. The van der Waals surface area contributed by atoms with Gasteiger partial charge in [0.15, 0.2) is 0 Å². The van der Waals surface area contributed by atoms with Gasteiger partial charge < -0.3 is 9.88 Å². The molecule has 0 aromatic carbocycles. The van der Waals surface area contributed by atoms with Gasteiger partial charge in [-0.1, -0.05) is 13.8 Å². The average molecular weight is 232 g/mol. The molecule has 2 aromatic heterocycles. The van der Waals surface area contributed by atoms with Crippen LogP contribution in [0.2, 0.25) is 0 Å². The first-order valence-corrected chi connectivity index (χ1v) is 6.17. The van der Waals surface area contributed by atoms with Gasteiger partial charge in [-0.15, -0.1) is 0 Å². The normalized spacial score (nSPS) is 11.5. The highest BCUT2D eigenvalue weighted by Gasteiger charge is 2.06. The Kier molecular flexibility index (Phi) is 3.74. The van der Waals surface area contributed by atoms with Crippen LogP contribution in [0.3, 0.4) is 0 Å². The van der Waals surface area contributed by atoms with Gasteiger partial charge in [0.25, 0.3) is 0 Å². The van der Waals surface area contributed by atoms with Crippen molar-refractivity contribution in [2.24, 2.45) is 7.05 Å². The van der Waals surface area contributed by atoms with E-state index in [0.717, 1.165) is 36.2 Å². The zero-order valence-corrected chi connectivity index (χ0v) is 10.8. The van der Waals surface area contributed by atoms with Crippen molar-refractivity contribution >= 4 is 11.0 Å². The van der Waals surface area contributed by atoms with E-state index in [-0.39, 0.29) is 0 Å². The number of nitrogens with one attached hydrogen (secondary N) is 1. The first kappa shape index (κ1) is 12.0. The molecule has 0 aliphatic carbocycles. The molecule has 0 aliphatic rings. The number of aryl methyl sites for hydroxylation is 2. The Balaban J connectivity index is 2.01. The van der Waals surface area contributed by atoms with Crippen LogP contribution in [0.1, 0.15) is 26.1 Å². The summed E-state index contributed by atoms with van der Waals surface area (Å²) in [6, 6.07) is 2.57. The summed E-state index contributed by atoms with van der Waals surface area (Å²) >= 11 is 0. The maximum absolute atomic E-state index is 4.60. The molecule has 4 nitrogen and oxygen atoms in total. The summed E-state index contributed by atoms with van der Waals surface area (Å²) in [5.41, 5.74) is 2.15. The lowest BCUT2D eigenvalue weighted by atomic mass is 10.3. The Bertz CT molecular complexity index is 487. The van der Waals surface area contributed by atoms with Crippen LogP contribution in [0.5, 0.6) is 0 Å². The number of rotatable bonds is 5. The number of aromatic nitrogens is 3. The molecule has 0 radical (unpaired) electrons. The molecule has 0 atom stereocenters. The van der Waals surface area contributed by atoms with Gasteiger partial charge in [0, 0.05) is 25.7 Å². The zero-order chi connectivity index (χ0) is 12.3. The van der Waals surface area contributed by atoms with Gasteiger partial charge in [-0.3, -0.25) is 4.98 Å². The summed E-state index contributed by atoms with van der Waals surface area (Å²) in [6.45, 7) is 5.38. The van der Waals surface area contributed by atoms with Crippen molar-refractivity contribution in [1.29, 1.82) is 0 Å². The Labute approximate surface area is 102 Å². The van der Waals surface area contributed by atoms with Crippen molar-refractivity contribution in [3.63, 3.8) is 0 Å². The molecule has 17 heavy (non-hydrogen) atoms. The maximum Gasteiger partial charge on any atom is 0.109 e. The van der Waals surface area contributed by atoms with Gasteiger partial charge in [0.05, 0.1) is 11.7 Å². The molecule has 2 aromatic rings. The number of imidazole rings is 1. The predicted molar refractivity (Wildman–Crippen MR) is 70.0 cm³/mol. The van der Waals surface area contributed by atoms with E-state index in [2.05, 4.69) is 40.7 Å². The minimum absolute atomic E-state index is 0.555. The molecule has 0 amide bonds. The van der Waals surface area contributed by atoms with Crippen molar-refractivity contribution in [1.82, 2.24) is 19.9 Å². The fraction of sp³-hybridized carbons (Fsp3) is 0.538. The van der Waals surface area contributed by atoms with Crippen LogP contribution in [0, 0.1) is 0 Å². The van der Waals surface area contributed by atoms with Crippen molar-refractivity contribution in [2.75, 3.05) is 6.54 Å². The van der Waals surface area contributed by atoms with Gasteiger partial charge >= 0.3 is 0 Å². The van der Waals surface area contributed by atoms with Crippen LogP contribution in [0.25, 0.3) is 11.0 Å². The number of hydrogen-bond acceptors (Lipinski definition) is 3. The maximum atomic E-state index is 4.60. The largest absolute Gasteiger partial charge is 0.331 e. The summed E-state index contributed by atoms with van der Waals surface area (Å²) < 4.78 is 2.16. The second-order valence-corrected chi connectivity index (χ2v) is 4.66. The SMILES string of the molecule is CC(C)NCCCc1nc2cnccc2n1C. The Hall–Kier alpha value is -1.42. The van der Waals surface area contributed by atoms with Crippen LogP contribution in [0.4, 0.5) is 0 Å². The van der Waals surface area contributed by atoms with Crippen LogP contribution >= 0.6 is 0 Å². The molecule has 0 unspecified atom stereocenters. The van der Waals surface area contributed by atoms with Crippen molar-refractivity contribution < 1.29 is 0 Å². The molecule has 92 valence electrons. The summed E-state index contributed by atoms with van der Waals surface area (Å²) in [5.74, 6) is 1.14. The topological polar surface area (TPSA) is 42.7 Å². The first-order valence-electron chi connectivity index (χ1n) is 6.17. The standard InChI is InChI=1S/C13H20N4/c1-10(2)15-7-4-5-13-16-11-9-14-8-6-12(11)17(13)3/h6,8-10,15H,4-5,7H2,1-3H3. The van der Waals surface area contributed by atoms with Gasteiger partial charge in [-0.05, 0) is 19.0 Å². The lowest BCUT2D eigenvalue weighted by Crippen LogP contribution is -2.24. The van der Waals surface area contributed by atoms with Crippen LogP contribution < -0.4 is 5.32 Å². The van der Waals surface area contributed by atoms with E-state index in [1.54, 1.807) is 0 Å². The lowest BCUT2D eigenvalue weighted by Gasteiger charge is -2.07. The molecular weight excluding hydrogens is 212 g/mol. The molecular formula is C13H20N4. The van der Waals surface area contributed by atoms with Gasteiger partial charge in [-0.25, -0.2) is 4.98 Å². The average Bonchev–Trinajstić information content (AvgIpc) is 2.63. The Morgan fingerprint density at radius 1 is 1.41 bits per heavy atom. The van der Waals surface area contributed by atoms with E-state index in [4.69, 9.17) is 0 Å². The summed E-state index contributed by atoms with van der Waals surface area (Å²) in [6.07, 6.45) is 5.76. The molecule has 4 heteroatoms. The Morgan fingerprint density at radius 2 is 2.24 bits per heavy atom. The third-order valence-electron chi connectivity index (χ3n) is 2.91. The van der Waals surface area contributed by atoms with Crippen molar-refractivity contribution in [3.8, 4) is 0 Å². The third kappa shape index (κ3) is 2.82. The molecule has 0 fully saturated rings. The van der Waals surface area contributed by atoms with Gasteiger partial charge in [-0.2, -0.15) is 0 Å². The number of hydrogen-bond donors (Lipinski definition) is 1. The zero-order valence-electron chi connectivity index (χ0n) is 10.8. The van der Waals surface area contributed by atoms with Crippen LogP contribution in [0.15, 0.2) is 18.5 Å². The molecule has 0 spiro atoms. The first-order chi connectivity index (χ1) is 8.18. The molecule has 0 saturated carbocycles. The smallest absolute Gasteiger partial charge is 0.109 e. The number of nitrogens with zero attached hydrogens (tertiary/aromatic N) is 3. The Morgan fingerprint density at radius 3 is 2.94 bits per heavy atom. The summed E-state index contributed by atoms with van der Waals surface area (Å²) in [4.78, 5) is 8.70. The van der Waals surface area contributed by atoms with Gasteiger partial charge in [0.2, 0.25) is 0 Å². The minimum atomic E-state index is 0.555. The molecule has 0 bridgehead atoms. The fourth-order valence-corrected chi connectivity index (χ4v) is 1.96. The predicted octanol–water partition coefficient (Wildman–Crippen LogP) is 1.90. The minimum Gasteiger partial charge on any atom is -0.331 e. The van der Waals surface area contributed by atoms with Gasteiger partial charge in [0.1, 0.15) is 11.3 Å². The number of fused-ring (bicyclic) bond motifs is 1. The van der Waals surface area contributed by atoms with E-state index >= 15 is 0 Å². The quantitative estimate of drug-likeness (QED) is 0.801. The molecule has 2 rings (SSSR count). The van der Waals surface area contributed by atoms with E-state index in [9.17, 15) is 0 Å². The van der Waals surface area contributed by atoms with Crippen LogP contribution in [-0.2, 0) is 13.5 Å². The monoisotopic (exact) mass is 232 g/mol. The second-order valence-electron chi connectivity index (χ2n) is 4.66. The highest BCUT2D eigenvalue weighted by Crippen LogP contribution is 2.13. The summed E-state index contributed by atoms with van der Waals surface area (Å²) in [7, 11) is 2.07. The fourth-order valence-electron chi connectivity index (χ4n) is 1.96. The van der Waals surface area contributed by atoms with Crippen molar-refractivity contribution in [3.05, 3.63) is 24.3 Å². The van der Waals surface area contributed by atoms with E-state index in [1.165, 1.54) is 0 Å². The number of pyridine rings is 1. The van der Waals surface area contributed by atoms with Crippen LogP contribution in [-0.4, -0.2) is 27.1 Å². The van der Waals surface area contributed by atoms with E-state index < -0.39 is 0 Å².